The van der Waals surface area contributed by atoms with Crippen molar-refractivity contribution in [3.63, 3.8) is 0 Å². The number of benzene rings is 1. The molecule has 0 fully saturated rings. The van der Waals surface area contributed by atoms with Gasteiger partial charge in [0.2, 0.25) is 5.91 Å². The van der Waals surface area contributed by atoms with E-state index in [1.165, 1.54) is 11.6 Å². The predicted octanol–water partition coefficient (Wildman–Crippen LogP) is 3.35. The standard InChI is InChI=1S/C16H16N2O/c1-12-4-3-5-14(10-12)7-9-16(19)18-15-8-6-13(2)11-17-15/h3-11H,1-2H3,(H,17,18,19)/b9-7+. The predicted molar refractivity (Wildman–Crippen MR) is 77.8 cm³/mol. The zero-order valence-corrected chi connectivity index (χ0v) is 11.1. The highest BCUT2D eigenvalue weighted by Gasteiger charge is 1.98. The lowest BCUT2D eigenvalue weighted by Crippen LogP contribution is -2.08. The molecule has 2 aromatic rings. The number of rotatable bonds is 3. The Balaban J connectivity index is 1.99. The van der Waals surface area contributed by atoms with Crippen LogP contribution in [0.4, 0.5) is 5.82 Å². The molecule has 1 heterocycles. The number of hydrogen-bond donors (Lipinski definition) is 1. The van der Waals surface area contributed by atoms with Crippen molar-refractivity contribution in [2.45, 2.75) is 13.8 Å². The lowest BCUT2D eigenvalue weighted by Gasteiger charge is -2.01. The molecule has 1 aromatic heterocycles. The summed E-state index contributed by atoms with van der Waals surface area (Å²) in [7, 11) is 0. The first-order chi connectivity index (χ1) is 9.13. The molecule has 1 aromatic carbocycles. The third-order valence-corrected chi connectivity index (χ3v) is 2.63. The Morgan fingerprint density at radius 3 is 2.68 bits per heavy atom. The van der Waals surface area contributed by atoms with Crippen LogP contribution >= 0.6 is 0 Å². The van der Waals surface area contributed by atoms with E-state index >= 15 is 0 Å². The van der Waals surface area contributed by atoms with Crippen molar-refractivity contribution >= 4 is 17.8 Å². The Hall–Kier alpha value is -2.42. The monoisotopic (exact) mass is 252 g/mol. The summed E-state index contributed by atoms with van der Waals surface area (Å²) in [6.07, 6.45) is 5.02. The van der Waals surface area contributed by atoms with Gasteiger partial charge in [-0.15, -0.1) is 0 Å². The van der Waals surface area contributed by atoms with Gasteiger partial charge in [-0.25, -0.2) is 4.98 Å². The van der Waals surface area contributed by atoms with Crippen LogP contribution in [0.5, 0.6) is 0 Å². The third kappa shape index (κ3) is 4.07. The van der Waals surface area contributed by atoms with Crippen LogP contribution in [0, 0.1) is 13.8 Å². The minimum absolute atomic E-state index is 0.183. The van der Waals surface area contributed by atoms with Crippen LogP contribution < -0.4 is 5.32 Å². The molecule has 1 N–H and O–H groups in total. The Labute approximate surface area is 113 Å². The molecule has 0 saturated heterocycles. The molecule has 2 rings (SSSR count). The fourth-order valence-corrected chi connectivity index (χ4v) is 1.66. The van der Waals surface area contributed by atoms with Crippen LogP contribution in [0.15, 0.2) is 48.7 Å². The number of amides is 1. The summed E-state index contributed by atoms with van der Waals surface area (Å²) in [5, 5.41) is 2.72. The molecule has 1 amide bonds. The van der Waals surface area contributed by atoms with Gasteiger partial charge < -0.3 is 5.32 Å². The molecular formula is C16H16N2O. The number of carbonyl (C=O) groups excluding carboxylic acids is 1. The summed E-state index contributed by atoms with van der Waals surface area (Å²) in [6, 6.07) is 11.7. The van der Waals surface area contributed by atoms with E-state index in [0.29, 0.717) is 5.82 Å². The molecule has 0 radical (unpaired) electrons. The summed E-state index contributed by atoms with van der Waals surface area (Å²) in [6.45, 7) is 3.98. The maximum atomic E-state index is 11.7. The van der Waals surface area contributed by atoms with Crippen molar-refractivity contribution in [1.82, 2.24) is 4.98 Å². The van der Waals surface area contributed by atoms with E-state index < -0.39 is 0 Å². The number of carbonyl (C=O) groups is 1. The number of pyridine rings is 1. The number of hydrogen-bond acceptors (Lipinski definition) is 2. The topological polar surface area (TPSA) is 42.0 Å². The first kappa shape index (κ1) is 13.0. The van der Waals surface area contributed by atoms with E-state index in [4.69, 9.17) is 0 Å². The molecule has 3 nitrogen and oxygen atoms in total. The summed E-state index contributed by atoms with van der Waals surface area (Å²) in [5.41, 5.74) is 3.24. The molecule has 0 spiro atoms. The second kappa shape index (κ2) is 5.96. The molecule has 0 aliphatic carbocycles. The van der Waals surface area contributed by atoms with Gasteiger partial charge in [0.1, 0.15) is 5.82 Å². The van der Waals surface area contributed by atoms with Gasteiger partial charge in [0.05, 0.1) is 0 Å². The van der Waals surface area contributed by atoms with Gasteiger partial charge in [-0.05, 0) is 37.1 Å². The summed E-state index contributed by atoms with van der Waals surface area (Å²) >= 11 is 0. The van der Waals surface area contributed by atoms with Gasteiger partial charge in [-0.1, -0.05) is 35.9 Å². The van der Waals surface area contributed by atoms with Crippen LogP contribution in [0.3, 0.4) is 0 Å². The van der Waals surface area contributed by atoms with Crippen molar-refractivity contribution in [3.05, 3.63) is 65.4 Å². The Morgan fingerprint density at radius 1 is 1.16 bits per heavy atom. The highest BCUT2D eigenvalue weighted by Crippen LogP contribution is 2.07. The lowest BCUT2D eigenvalue weighted by atomic mass is 10.1. The quantitative estimate of drug-likeness (QED) is 0.851. The zero-order chi connectivity index (χ0) is 13.7. The first-order valence-electron chi connectivity index (χ1n) is 6.12. The van der Waals surface area contributed by atoms with Crippen molar-refractivity contribution in [2.24, 2.45) is 0 Å². The molecule has 0 saturated carbocycles. The Morgan fingerprint density at radius 2 is 2.00 bits per heavy atom. The van der Waals surface area contributed by atoms with E-state index in [2.05, 4.69) is 10.3 Å². The van der Waals surface area contributed by atoms with Gasteiger partial charge >= 0.3 is 0 Å². The Kier molecular flexibility index (Phi) is 4.08. The smallest absolute Gasteiger partial charge is 0.249 e. The number of nitrogens with one attached hydrogen (secondary N) is 1. The summed E-state index contributed by atoms with van der Waals surface area (Å²) in [5.74, 6) is 0.377. The van der Waals surface area contributed by atoms with Crippen LogP contribution in [-0.2, 0) is 4.79 Å². The normalized spacial score (nSPS) is 10.6. The van der Waals surface area contributed by atoms with Crippen molar-refractivity contribution in [1.29, 1.82) is 0 Å². The van der Waals surface area contributed by atoms with E-state index in [9.17, 15) is 4.79 Å². The average molecular weight is 252 g/mol. The molecule has 0 bridgehead atoms. The second-order valence-corrected chi connectivity index (χ2v) is 4.46. The fraction of sp³-hybridized carbons (Fsp3) is 0.125. The fourth-order valence-electron chi connectivity index (χ4n) is 1.66. The maximum absolute atomic E-state index is 11.7. The SMILES string of the molecule is Cc1ccc(NC(=O)/C=C/c2cccc(C)c2)nc1. The zero-order valence-electron chi connectivity index (χ0n) is 11.1. The minimum atomic E-state index is -0.183. The number of anilines is 1. The third-order valence-electron chi connectivity index (χ3n) is 2.63. The number of aryl methyl sites for hydroxylation is 2. The van der Waals surface area contributed by atoms with Gasteiger partial charge in [0.15, 0.2) is 0 Å². The van der Waals surface area contributed by atoms with Gasteiger partial charge in [0.25, 0.3) is 0 Å². The summed E-state index contributed by atoms with van der Waals surface area (Å²) < 4.78 is 0. The van der Waals surface area contributed by atoms with Crippen molar-refractivity contribution in [2.75, 3.05) is 5.32 Å². The largest absolute Gasteiger partial charge is 0.307 e. The van der Waals surface area contributed by atoms with Crippen LogP contribution in [-0.4, -0.2) is 10.9 Å². The van der Waals surface area contributed by atoms with Gasteiger partial charge in [0, 0.05) is 12.3 Å². The number of nitrogens with zero attached hydrogens (tertiary/aromatic N) is 1. The molecule has 19 heavy (non-hydrogen) atoms. The van der Waals surface area contributed by atoms with Crippen molar-refractivity contribution < 1.29 is 4.79 Å². The van der Waals surface area contributed by atoms with E-state index in [0.717, 1.165) is 11.1 Å². The molecule has 0 aliphatic heterocycles. The van der Waals surface area contributed by atoms with Crippen LogP contribution in [0.2, 0.25) is 0 Å². The van der Waals surface area contributed by atoms with Crippen LogP contribution in [0.25, 0.3) is 6.08 Å². The molecule has 96 valence electrons. The second-order valence-electron chi connectivity index (χ2n) is 4.46. The van der Waals surface area contributed by atoms with Gasteiger partial charge in [-0.2, -0.15) is 0 Å². The molecule has 0 aliphatic rings. The van der Waals surface area contributed by atoms with E-state index in [1.54, 1.807) is 18.3 Å². The molecule has 3 heteroatoms. The Bertz CT molecular complexity index is 600. The van der Waals surface area contributed by atoms with E-state index in [-0.39, 0.29) is 5.91 Å². The first-order valence-corrected chi connectivity index (χ1v) is 6.12. The molecular weight excluding hydrogens is 236 g/mol. The van der Waals surface area contributed by atoms with Crippen molar-refractivity contribution in [3.8, 4) is 0 Å². The molecule has 0 unspecified atom stereocenters. The highest BCUT2D eigenvalue weighted by molar-refractivity contribution is 6.01. The highest BCUT2D eigenvalue weighted by atomic mass is 16.1. The number of aromatic nitrogens is 1. The maximum Gasteiger partial charge on any atom is 0.249 e. The average Bonchev–Trinajstić information content (AvgIpc) is 2.39. The lowest BCUT2D eigenvalue weighted by molar-refractivity contribution is -0.111. The minimum Gasteiger partial charge on any atom is -0.307 e. The van der Waals surface area contributed by atoms with E-state index in [1.807, 2.05) is 44.2 Å². The summed E-state index contributed by atoms with van der Waals surface area (Å²) in [4.78, 5) is 15.8. The molecule has 0 atom stereocenters. The van der Waals surface area contributed by atoms with Crippen LogP contribution in [0.1, 0.15) is 16.7 Å². The van der Waals surface area contributed by atoms with Gasteiger partial charge in [-0.3, -0.25) is 4.79 Å².